The van der Waals surface area contributed by atoms with Crippen LogP contribution in [0.5, 0.6) is 0 Å². The predicted molar refractivity (Wildman–Crippen MR) is 92.8 cm³/mol. The smallest absolute Gasteiger partial charge is 0.322 e. The van der Waals surface area contributed by atoms with E-state index in [0.29, 0.717) is 6.07 Å². The fourth-order valence-electron chi connectivity index (χ4n) is 3.26. The zero-order valence-corrected chi connectivity index (χ0v) is 15.5. The lowest BCUT2D eigenvalue weighted by Gasteiger charge is -2.27. The maximum absolute atomic E-state index is 13.8. The van der Waals surface area contributed by atoms with Crippen LogP contribution in [0.1, 0.15) is 0 Å². The number of halogens is 2. The maximum atomic E-state index is 13.8. The minimum absolute atomic E-state index is 0.0367. The Morgan fingerprint density at radius 3 is 2.85 bits per heavy atom. The molecule has 2 atom stereocenters. The number of sulfonamides is 1. The van der Waals surface area contributed by atoms with Crippen LogP contribution in [0.3, 0.4) is 0 Å². The molecule has 2 fully saturated rings. The van der Waals surface area contributed by atoms with Gasteiger partial charge >= 0.3 is 6.03 Å². The Morgan fingerprint density at radius 2 is 2.15 bits per heavy atom. The van der Waals surface area contributed by atoms with Crippen molar-refractivity contribution in [2.75, 3.05) is 51.0 Å². The topological polar surface area (TPSA) is 88.2 Å². The van der Waals surface area contributed by atoms with Crippen LogP contribution in [0.4, 0.5) is 19.3 Å². The van der Waals surface area contributed by atoms with Crippen molar-refractivity contribution in [1.29, 1.82) is 0 Å². The van der Waals surface area contributed by atoms with Gasteiger partial charge in [-0.2, -0.15) is 4.31 Å². The van der Waals surface area contributed by atoms with Gasteiger partial charge in [-0.3, -0.25) is 0 Å². The van der Waals surface area contributed by atoms with Gasteiger partial charge in [-0.15, -0.1) is 0 Å². The van der Waals surface area contributed by atoms with Crippen molar-refractivity contribution in [3.63, 3.8) is 0 Å². The van der Waals surface area contributed by atoms with Crippen LogP contribution < -0.4 is 5.32 Å². The van der Waals surface area contributed by atoms with Gasteiger partial charge < -0.3 is 19.7 Å². The molecule has 27 heavy (non-hydrogen) atoms. The van der Waals surface area contributed by atoms with E-state index >= 15 is 0 Å². The number of carbonyl (C=O) groups excluding carboxylic acids is 1. The minimum Gasteiger partial charge on any atom is -0.383 e. The number of hydrogen-bond acceptors (Lipinski definition) is 5. The third-order valence-electron chi connectivity index (χ3n) is 4.61. The van der Waals surface area contributed by atoms with Gasteiger partial charge in [0.05, 0.1) is 43.3 Å². The fourth-order valence-corrected chi connectivity index (χ4v) is 4.77. The third kappa shape index (κ3) is 4.37. The SMILES string of the molecule is COCCN1[C@@H]2CN(C(=O)Nc3ccc(F)cc3F)C[C@@H]2OCCS1(=O)=O. The predicted octanol–water partition coefficient (Wildman–Crippen LogP) is 0.858. The molecule has 2 saturated heterocycles. The zero-order valence-electron chi connectivity index (χ0n) is 14.7. The maximum Gasteiger partial charge on any atom is 0.322 e. The first-order valence-corrected chi connectivity index (χ1v) is 10.0. The molecule has 2 aliphatic rings. The van der Waals surface area contributed by atoms with E-state index in [1.54, 1.807) is 0 Å². The molecule has 150 valence electrons. The van der Waals surface area contributed by atoms with Crippen molar-refractivity contribution in [3.8, 4) is 0 Å². The van der Waals surface area contributed by atoms with E-state index in [1.807, 2.05) is 0 Å². The summed E-state index contributed by atoms with van der Waals surface area (Å²) >= 11 is 0. The summed E-state index contributed by atoms with van der Waals surface area (Å²) in [4.78, 5) is 13.8. The van der Waals surface area contributed by atoms with E-state index in [1.165, 1.54) is 16.3 Å². The van der Waals surface area contributed by atoms with Gasteiger partial charge in [-0.25, -0.2) is 22.0 Å². The Labute approximate surface area is 156 Å². The lowest BCUT2D eigenvalue weighted by Crippen LogP contribution is -2.47. The van der Waals surface area contributed by atoms with Crippen molar-refractivity contribution in [2.24, 2.45) is 0 Å². The van der Waals surface area contributed by atoms with Crippen LogP contribution >= 0.6 is 0 Å². The van der Waals surface area contributed by atoms with Gasteiger partial charge in [-0.05, 0) is 12.1 Å². The monoisotopic (exact) mass is 405 g/mol. The molecule has 1 aromatic rings. The molecule has 0 unspecified atom stereocenters. The Hall–Kier alpha value is -1.82. The Kier molecular flexibility index (Phi) is 5.94. The number of fused-ring (bicyclic) bond motifs is 1. The van der Waals surface area contributed by atoms with Gasteiger partial charge in [0, 0.05) is 26.3 Å². The number of rotatable bonds is 4. The molecule has 2 aliphatic heterocycles. The summed E-state index contributed by atoms with van der Waals surface area (Å²) < 4.78 is 63.6. The molecule has 2 heterocycles. The summed E-state index contributed by atoms with van der Waals surface area (Å²) in [6.45, 7) is 0.677. The summed E-state index contributed by atoms with van der Waals surface area (Å²) in [7, 11) is -2.06. The van der Waals surface area contributed by atoms with Crippen LogP contribution in [-0.4, -0.2) is 81.5 Å². The van der Waals surface area contributed by atoms with Crippen LogP contribution in [0.15, 0.2) is 18.2 Å². The Balaban J connectivity index is 1.74. The standard InChI is InChI=1S/C16H21F2N3O5S/c1-25-5-4-21-14-9-20(10-15(14)26-6-7-27(21,23)24)16(22)19-13-3-2-11(17)8-12(13)18/h2-3,8,14-15H,4-7,9-10H2,1H3,(H,19,22)/t14-,15+/m1/s1. The fraction of sp³-hybridized carbons (Fsp3) is 0.562. The molecule has 2 amide bonds. The number of nitrogens with one attached hydrogen (secondary N) is 1. The van der Waals surface area contributed by atoms with Gasteiger partial charge in [0.2, 0.25) is 10.0 Å². The summed E-state index contributed by atoms with van der Waals surface area (Å²) in [5.41, 5.74) is -0.154. The number of hydrogen-bond donors (Lipinski definition) is 1. The van der Waals surface area contributed by atoms with Crippen LogP contribution in [-0.2, 0) is 19.5 Å². The van der Waals surface area contributed by atoms with E-state index < -0.39 is 39.8 Å². The molecule has 1 N–H and O–H groups in total. The number of anilines is 1. The van der Waals surface area contributed by atoms with Crippen molar-refractivity contribution in [1.82, 2.24) is 9.21 Å². The largest absolute Gasteiger partial charge is 0.383 e. The lowest BCUT2D eigenvalue weighted by atomic mass is 10.2. The zero-order chi connectivity index (χ0) is 19.6. The van der Waals surface area contributed by atoms with Crippen molar-refractivity contribution >= 4 is 21.7 Å². The summed E-state index contributed by atoms with van der Waals surface area (Å²) in [5, 5.41) is 2.38. The Bertz CT molecular complexity index is 807. The van der Waals surface area contributed by atoms with Crippen LogP contribution in [0, 0.1) is 11.6 Å². The van der Waals surface area contributed by atoms with Crippen molar-refractivity contribution in [2.45, 2.75) is 12.1 Å². The molecule has 11 heteroatoms. The normalized spacial score (nSPS) is 25.1. The number of methoxy groups -OCH3 is 1. The summed E-state index contributed by atoms with van der Waals surface area (Å²) in [6.07, 6.45) is -0.483. The van der Waals surface area contributed by atoms with E-state index in [0.717, 1.165) is 12.1 Å². The first-order valence-electron chi connectivity index (χ1n) is 8.43. The molecule has 0 saturated carbocycles. The highest BCUT2D eigenvalue weighted by atomic mass is 32.2. The second kappa shape index (κ2) is 8.05. The average Bonchev–Trinajstić information content (AvgIpc) is 2.96. The highest BCUT2D eigenvalue weighted by molar-refractivity contribution is 7.89. The van der Waals surface area contributed by atoms with Gasteiger partial charge in [0.25, 0.3) is 0 Å². The van der Waals surface area contributed by atoms with Crippen LogP contribution in [0.25, 0.3) is 0 Å². The van der Waals surface area contributed by atoms with E-state index in [2.05, 4.69) is 5.32 Å². The summed E-state index contributed by atoms with van der Waals surface area (Å²) in [5.74, 6) is -1.77. The van der Waals surface area contributed by atoms with Crippen molar-refractivity contribution < 1.29 is 31.5 Å². The van der Waals surface area contributed by atoms with E-state index in [4.69, 9.17) is 9.47 Å². The first-order chi connectivity index (χ1) is 12.8. The molecule has 1 aromatic carbocycles. The Morgan fingerprint density at radius 1 is 1.37 bits per heavy atom. The highest BCUT2D eigenvalue weighted by Gasteiger charge is 2.45. The second-order valence-electron chi connectivity index (χ2n) is 6.36. The third-order valence-corrected chi connectivity index (χ3v) is 6.46. The number of carbonyl (C=O) groups is 1. The molecular formula is C16H21F2N3O5S. The number of benzene rings is 1. The minimum atomic E-state index is -3.54. The molecule has 3 rings (SSSR count). The van der Waals surface area contributed by atoms with E-state index in [-0.39, 0.29) is 44.3 Å². The summed E-state index contributed by atoms with van der Waals surface area (Å²) in [6, 6.07) is 1.68. The molecular weight excluding hydrogens is 384 g/mol. The molecule has 8 nitrogen and oxygen atoms in total. The number of amides is 2. The number of nitrogens with zero attached hydrogens (tertiary/aromatic N) is 2. The lowest BCUT2D eigenvalue weighted by molar-refractivity contribution is 0.0443. The first kappa shape index (κ1) is 19.9. The number of ether oxygens (including phenoxy) is 2. The number of urea groups is 1. The molecule has 0 radical (unpaired) electrons. The average molecular weight is 405 g/mol. The van der Waals surface area contributed by atoms with E-state index in [9.17, 15) is 22.0 Å². The molecule has 0 bridgehead atoms. The van der Waals surface area contributed by atoms with Gasteiger partial charge in [0.1, 0.15) is 11.6 Å². The van der Waals surface area contributed by atoms with Gasteiger partial charge in [0.15, 0.2) is 0 Å². The van der Waals surface area contributed by atoms with Gasteiger partial charge in [-0.1, -0.05) is 0 Å². The molecule has 0 spiro atoms. The quantitative estimate of drug-likeness (QED) is 0.803. The van der Waals surface area contributed by atoms with Crippen molar-refractivity contribution in [3.05, 3.63) is 29.8 Å². The van der Waals surface area contributed by atoms with Crippen LogP contribution in [0.2, 0.25) is 0 Å². The highest BCUT2D eigenvalue weighted by Crippen LogP contribution is 2.26. The second-order valence-corrected chi connectivity index (χ2v) is 8.40. The molecule has 0 aliphatic carbocycles. The molecule has 0 aromatic heterocycles. The number of likely N-dealkylation sites (tertiary alicyclic amines) is 1.